The van der Waals surface area contributed by atoms with Gasteiger partial charge >= 0.3 is 6.18 Å². The normalized spacial score (nSPS) is 13.5. The molecule has 0 saturated heterocycles. The molecule has 0 aliphatic carbocycles. The van der Waals surface area contributed by atoms with Gasteiger partial charge in [-0.15, -0.1) is 4.99 Å². The van der Waals surface area contributed by atoms with Crippen LogP contribution in [0.15, 0.2) is 36.4 Å². The average molecular weight is 439 g/mol. The van der Waals surface area contributed by atoms with Crippen molar-refractivity contribution in [2.45, 2.75) is 18.7 Å². The minimum Gasteiger partial charge on any atom is -0.490 e. The second-order valence-electron chi connectivity index (χ2n) is 6.04. The molecule has 0 aromatic heterocycles. The topological polar surface area (TPSA) is 100 Å². The maximum atomic E-state index is 13.4. The van der Waals surface area contributed by atoms with E-state index in [1.54, 1.807) is 5.48 Å². The molecule has 2 rings (SSSR count). The molecule has 0 saturated carbocycles. The highest BCUT2D eigenvalue weighted by Crippen LogP contribution is 2.36. The molecule has 0 fully saturated rings. The van der Waals surface area contributed by atoms with Gasteiger partial charge < -0.3 is 15.2 Å². The van der Waals surface area contributed by atoms with Crippen molar-refractivity contribution in [3.05, 3.63) is 52.8 Å². The van der Waals surface area contributed by atoms with Crippen molar-refractivity contribution in [3.8, 4) is 5.75 Å². The highest BCUT2D eigenvalue weighted by atomic mass is 35.5. The van der Waals surface area contributed by atoms with Gasteiger partial charge in [-0.05, 0) is 37.3 Å². The number of hydrogen-bond acceptors (Lipinski definition) is 6. The summed E-state index contributed by atoms with van der Waals surface area (Å²) in [5.41, 5.74) is -2.64. The SMILES string of the molecule is CC(O)(COc1ccc(Cl)c(F)c1)C(=O)Nc1ccc(NOO)c(C(F)(F)F)c1. The van der Waals surface area contributed by atoms with Gasteiger partial charge in [0, 0.05) is 11.8 Å². The first-order chi connectivity index (χ1) is 13.4. The number of alkyl halides is 3. The van der Waals surface area contributed by atoms with E-state index in [-0.39, 0.29) is 16.5 Å². The van der Waals surface area contributed by atoms with Crippen LogP contribution in [0.1, 0.15) is 12.5 Å². The highest BCUT2D eigenvalue weighted by Gasteiger charge is 2.35. The van der Waals surface area contributed by atoms with E-state index in [1.807, 2.05) is 0 Å². The maximum absolute atomic E-state index is 13.4. The Hall–Kier alpha value is -2.60. The van der Waals surface area contributed by atoms with Crippen LogP contribution in [0.5, 0.6) is 5.75 Å². The van der Waals surface area contributed by atoms with E-state index >= 15 is 0 Å². The molecule has 1 atom stereocenters. The lowest BCUT2D eigenvalue weighted by molar-refractivity contribution is -0.216. The number of anilines is 2. The fraction of sp³-hybridized carbons (Fsp3) is 0.235. The third-order valence-electron chi connectivity index (χ3n) is 3.64. The molecule has 29 heavy (non-hydrogen) atoms. The summed E-state index contributed by atoms with van der Waals surface area (Å²) in [6.45, 7) is 0.443. The maximum Gasteiger partial charge on any atom is 0.418 e. The van der Waals surface area contributed by atoms with Gasteiger partial charge in [0.25, 0.3) is 5.91 Å². The van der Waals surface area contributed by atoms with Crippen molar-refractivity contribution in [2.75, 3.05) is 17.4 Å². The van der Waals surface area contributed by atoms with E-state index in [0.29, 0.717) is 6.07 Å². The lowest BCUT2D eigenvalue weighted by atomic mass is 10.1. The molecule has 7 nitrogen and oxygen atoms in total. The molecule has 1 unspecified atom stereocenters. The van der Waals surface area contributed by atoms with Crippen LogP contribution in [-0.4, -0.2) is 28.5 Å². The number of halogens is 5. The minimum absolute atomic E-state index is 0.0150. The molecule has 0 heterocycles. The third kappa shape index (κ3) is 5.94. The van der Waals surface area contributed by atoms with E-state index in [0.717, 1.165) is 25.1 Å². The van der Waals surface area contributed by atoms with Gasteiger partial charge in [-0.1, -0.05) is 11.6 Å². The first-order valence-corrected chi connectivity index (χ1v) is 8.21. The fourth-order valence-corrected chi connectivity index (χ4v) is 2.23. The summed E-state index contributed by atoms with van der Waals surface area (Å²) >= 11 is 5.54. The number of hydrogen-bond donors (Lipinski definition) is 4. The van der Waals surface area contributed by atoms with Gasteiger partial charge in [0.05, 0.1) is 16.3 Å². The summed E-state index contributed by atoms with van der Waals surface area (Å²) in [5, 5.41) is 20.5. The molecule has 1 amide bonds. The third-order valence-corrected chi connectivity index (χ3v) is 3.95. The summed E-state index contributed by atoms with van der Waals surface area (Å²) in [6.07, 6.45) is -4.83. The molecule has 2 aromatic carbocycles. The number of nitrogens with one attached hydrogen (secondary N) is 2. The standard InChI is InChI=1S/C17H15ClF4N2O5/c1-16(26,8-28-10-3-4-12(18)13(19)7-10)15(25)23-9-2-5-14(24-29-27)11(6-9)17(20,21)22/h2-7,24,26-27H,8H2,1H3,(H,23,25). The van der Waals surface area contributed by atoms with Crippen LogP contribution in [0.25, 0.3) is 0 Å². The molecule has 2 aromatic rings. The molecule has 158 valence electrons. The van der Waals surface area contributed by atoms with Gasteiger partial charge in [0.1, 0.15) is 18.2 Å². The van der Waals surface area contributed by atoms with E-state index < -0.39 is 41.4 Å². The number of benzene rings is 2. The van der Waals surface area contributed by atoms with Crippen molar-refractivity contribution in [3.63, 3.8) is 0 Å². The second-order valence-corrected chi connectivity index (χ2v) is 6.45. The van der Waals surface area contributed by atoms with Crippen LogP contribution >= 0.6 is 11.6 Å². The summed E-state index contributed by atoms with van der Waals surface area (Å²) in [6, 6.07) is 6.03. The number of ether oxygens (including phenoxy) is 1. The summed E-state index contributed by atoms with van der Waals surface area (Å²) in [5.74, 6) is -1.86. The molecule has 0 bridgehead atoms. The summed E-state index contributed by atoms with van der Waals surface area (Å²) in [4.78, 5) is 15.8. The van der Waals surface area contributed by atoms with E-state index in [9.17, 15) is 27.5 Å². The van der Waals surface area contributed by atoms with E-state index in [2.05, 4.69) is 10.3 Å². The Morgan fingerprint density at radius 2 is 1.90 bits per heavy atom. The predicted octanol–water partition coefficient (Wildman–Crippen LogP) is 4.08. The van der Waals surface area contributed by atoms with Gasteiger partial charge in [-0.3, -0.25) is 4.79 Å². The van der Waals surface area contributed by atoms with Crippen molar-refractivity contribution in [1.82, 2.24) is 0 Å². The Morgan fingerprint density at radius 1 is 1.21 bits per heavy atom. The highest BCUT2D eigenvalue weighted by molar-refractivity contribution is 6.30. The Morgan fingerprint density at radius 3 is 2.48 bits per heavy atom. The van der Waals surface area contributed by atoms with Crippen LogP contribution in [0.4, 0.5) is 28.9 Å². The number of aliphatic hydroxyl groups is 1. The predicted molar refractivity (Wildman–Crippen MR) is 94.9 cm³/mol. The molecule has 0 aliphatic rings. The van der Waals surface area contributed by atoms with E-state index in [4.69, 9.17) is 21.6 Å². The van der Waals surface area contributed by atoms with Gasteiger partial charge in [0.15, 0.2) is 5.60 Å². The van der Waals surface area contributed by atoms with Gasteiger partial charge in [0.2, 0.25) is 0 Å². The number of rotatable bonds is 7. The van der Waals surface area contributed by atoms with Gasteiger partial charge in [-0.25, -0.2) is 15.1 Å². The van der Waals surface area contributed by atoms with Crippen molar-refractivity contribution in [2.24, 2.45) is 0 Å². The lowest BCUT2D eigenvalue weighted by Crippen LogP contribution is -2.45. The molecule has 12 heteroatoms. The number of carbonyl (C=O) groups excluding carboxylic acids is 1. The summed E-state index contributed by atoms with van der Waals surface area (Å²) in [7, 11) is 0. The molecular weight excluding hydrogens is 424 g/mol. The first-order valence-electron chi connectivity index (χ1n) is 7.83. The van der Waals surface area contributed by atoms with Gasteiger partial charge in [-0.2, -0.15) is 13.2 Å². The Balaban J connectivity index is 2.12. The molecule has 0 aliphatic heterocycles. The van der Waals surface area contributed by atoms with E-state index in [1.165, 1.54) is 12.1 Å². The molecule has 0 spiro atoms. The van der Waals surface area contributed by atoms with Crippen LogP contribution in [0.2, 0.25) is 5.02 Å². The zero-order valence-electron chi connectivity index (χ0n) is 14.7. The minimum atomic E-state index is -4.83. The van der Waals surface area contributed by atoms with Crippen molar-refractivity contribution >= 4 is 28.9 Å². The van der Waals surface area contributed by atoms with Crippen LogP contribution in [-0.2, 0) is 16.0 Å². The fourth-order valence-electron chi connectivity index (χ4n) is 2.12. The van der Waals surface area contributed by atoms with Crippen molar-refractivity contribution < 1.29 is 42.4 Å². The number of amides is 1. The first kappa shape index (κ1) is 22.7. The molecular formula is C17H15ClF4N2O5. The van der Waals surface area contributed by atoms with Crippen LogP contribution < -0.4 is 15.5 Å². The largest absolute Gasteiger partial charge is 0.490 e. The second kappa shape index (κ2) is 8.82. The van der Waals surface area contributed by atoms with Crippen LogP contribution in [0, 0.1) is 5.82 Å². The summed E-state index contributed by atoms with van der Waals surface area (Å²) < 4.78 is 57.8. The van der Waals surface area contributed by atoms with Crippen molar-refractivity contribution in [1.29, 1.82) is 0 Å². The monoisotopic (exact) mass is 438 g/mol. The zero-order valence-corrected chi connectivity index (χ0v) is 15.4. The Labute approximate surface area is 166 Å². The smallest absolute Gasteiger partial charge is 0.418 e. The number of carbonyl (C=O) groups is 1. The molecule has 0 radical (unpaired) electrons. The lowest BCUT2D eigenvalue weighted by Gasteiger charge is -2.23. The zero-order chi connectivity index (χ0) is 21.8. The quantitative estimate of drug-likeness (QED) is 0.295. The Bertz CT molecular complexity index is 893. The molecule has 4 N–H and O–H groups in total. The Kier molecular flexibility index (Phi) is 6.90. The average Bonchev–Trinajstić information content (AvgIpc) is 2.63. The van der Waals surface area contributed by atoms with Crippen LogP contribution in [0.3, 0.4) is 0 Å².